The van der Waals surface area contributed by atoms with Gasteiger partial charge in [0.25, 0.3) is 0 Å². The molecule has 0 aliphatic heterocycles. The average Bonchev–Trinajstić information content (AvgIpc) is 2.88. The number of allylic oxidation sites excluding steroid dienone is 4. The molecule has 4 aromatic rings. The van der Waals surface area contributed by atoms with Gasteiger partial charge in [-0.05, 0) is 73.8 Å². The van der Waals surface area contributed by atoms with Gasteiger partial charge in [-0.1, -0.05) is 118 Å². The van der Waals surface area contributed by atoms with Crippen molar-refractivity contribution in [2.24, 2.45) is 0 Å². The highest BCUT2D eigenvalue weighted by Gasteiger charge is 2.19. The Bertz CT molecular complexity index is 1360. The summed E-state index contributed by atoms with van der Waals surface area (Å²) in [5.41, 5.74) is 7.28. The number of rotatable bonds is 4. The summed E-state index contributed by atoms with van der Waals surface area (Å²) in [5.74, 6) is 0. The molecule has 0 fully saturated rings. The van der Waals surface area contributed by atoms with Crippen molar-refractivity contribution >= 4 is 39.3 Å². The molecule has 32 heavy (non-hydrogen) atoms. The monoisotopic (exact) mass is 414 g/mol. The van der Waals surface area contributed by atoms with Crippen LogP contribution in [0.15, 0.2) is 98.1 Å². The Hall–Kier alpha value is -3.64. The van der Waals surface area contributed by atoms with E-state index in [1.807, 2.05) is 26.0 Å². The number of hydrogen-bond donors (Lipinski definition) is 0. The minimum absolute atomic E-state index is 1.08. The molecule has 0 heteroatoms. The van der Waals surface area contributed by atoms with Gasteiger partial charge >= 0.3 is 0 Å². The van der Waals surface area contributed by atoms with E-state index in [9.17, 15) is 0 Å². The third kappa shape index (κ3) is 3.74. The van der Waals surface area contributed by atoms with E-state index < -0.39 is 0 Å². The molecule has 0 aromatic heterocycles. The third-order valence-electron chi connectivity index (χ3n) is 6.02. The van der Waals surface area contributed by atoms with E-state index in [1.165, 1.54) is 43.8 Å². The fourth-order valence-electron chi connectivity index (χ4n) is 4.67. The Balaban J connectivity index is 0.00000119. The molecular weight excluding hydrogens is 384 g/mol. The third-order valence-corrected chi connectivity index (χ3v) is 6.02. The van der Waals surface area contributed by atoms with E-state index in [-0.39, 0.29) is 0 Å². The summed E-state index contributed by atoms with van der Waals surface area (Å²) in [5, 5.41) is 5.02. The molecule has 4 aromatic carbocycles. The molecule has 5 rings (SSSR count). The zero-order valence-corrected chi connectivity index (χ0v) is 19.1. The second-order valence-corrected chi connectivity index (χ2v) is 7.73. The van der Waals surface area contributed by atoms with Crippen LogP contribution in [0, 0.1) is 0 Å². The van der Waals surface area contributed by atoms with Gasteiger partial charge < -0.3 is 0 Å². The van der Waals surface area contributed by atoms with Gasteiger partial charge in [0.05, 0.1) is 0 Å². The Morgan fingerprint density at radius 3 is 1.97 bits per heavy atom. The van der Waals surface area contributed by atoms with E-state index in [2.05, 4.69) is 98.1 Å². The van der Waals surface area contributed by atoms with Crippen molar-refractivity contribution in [3.05, 3.63) is 115 Å². The maximum Gasteiger partial charge on any atom is -0.00264 e. The van der Waals surface area contributed by atoms with Crippen LogP contribution in [0.2, 0.25) is 0 Å². The molecule has 0 nitrogen and oxygen atoms in total. The van der Waals surface area contributed by atoms with Crippen molar-refractivity contribution in [3.63, 3.8) is 0 Å². The summed E-state index contributed by atoms with van der Waals surface area (Å²) in [4.78, 5) is 0. The highest BCUT2D eigenvalue weighted by atomic mass is 14.2. The lowest BCUT2D eigenvalue weighted by Gasteiger charge is -2.21. The van der Waals surface area contributed by atoms with Crippen LogP contribution < -0.4 is 0 Å². The fourth-order valence-corrected chi connectivity index (χ4v) is 4.67. The van der Waals surface area contributed by atoms with Crippen LogP contribution in [-0.2, 0) is 0 Å². The zero-order chi connectivity index (χ0) is 22.5. The van der Waals surface area contributed by atoms with Gasteiger partial charge in [0.1, 0.15) is 0 Å². The summed E-state index contributed by atoms with van der Waals surface area (Å²) in [6.07, 6.45) is 13.0. The topological polar surface area (TPSA) is 0 Å². The van der Waals surface area contributed by atoms with Crippen LogP contribution in [0.4, 0.5) is 0 Å². The van der Waals surface area contributed by atoms with Crippen LogP contribution in [-0.4, -0.2) is 0 Å². The zero-order valence-electron chi connectivity index (χ0n) is 19.1. The molecule has 0 bridgehead atoms. The minimum atomic E-state index is 1.08. The summed E-state index contributed by atoms with van der Waals surface area (Å²) in [7, 11) is 0. The normalized spacial score (nSPS) is 12.8. The lowest BCUT2D eigenvalue weighted by atomic mass is 9.82. The van der Waals surface area contributed by atoms with Crippen LogP contribution in [0.5, 0.6) is 0 Å². The molecular formula is C32H30. The van der Waals surface area contributed by atoms with Crippen molar-refractivity contribution in [2.75, 3.05) is 0 Å². The molecule has 0 radical (unpaired) electrons. The second-order valence-electron chi connectivity index (χ2n) is 7.73. The quantitative estimate of drug-likeness (QED) is 0.312. The summed E-state index contributed by atoms with van der Waals surface area (Å²) < 4.78 is 0. The van der Waals surface area contributed by atoms with Crippen molar-refractivity contribution < 1.29 is 0 Å². The first-order valence-corrected chi connectivity index (χ1v) is 11.5. The smallest absolute Gasteiger partial charge is 0.00264 e. The van der Waals surface area contributed by atoms with Gasteiger partial charge in [-0.15, -0.1) is 0 Å². The van der Waals surface area contributed by atoms with Gasteiger partial charge in [0.15, 0.2) is 0 Å². The first-order valence-electron chi connectivity index (χ1n) is 11.5. The molecule has 158 valence electrons. The van der Waals surface area contributed by atoms with Crippen LogP contribution in [0.1, 0.15) is 43.4 Å². The standard InChI is InChI=1S/C30H24.C2H6/c1-3-25-26(4-2)30(24-19-18-21-12-8-9-15-23(21)20-24)28-17-11-10-16-27(28)29(25)22-13-6-5-7-14-22;1-2/h3-4,6,8-20H,1-2,5,7H2;1-2H3. The predicted molar refractivity (Wildman–Crippen MR) is 145 cm³/mol. The predicted octanol–water partition coefficient (Wildman–Crippen LogP) is 9.71. The molecule has 1 aliphatic carbocycles. The fraction of sp³-hybridized carbons (Fsp3) is 0.125. The van der Waals surface area contributed by atoms with Crippen LogP contribution in [0.3, 0.4) is 0 Å². The van der Waals surface area contributed by atoms with Gasteiger partial charge in [-0.25, -0.2) is 0 Å². The molecule has 1 aliphatic rings. The Labute approximate surface area is 191 Å². The maximum atomic E-state index is 4.20. The van der Waals surface area contributed by atoms with Crippen molar-refractivity contribution in [1.82, 2.24) is 0 Å². The molecule has 0 heterocycles. The average molecular weight is 415 g/mol. The largest absolute Gasteiger partial charge is 0.0984 e. The summed E-state index contributed by atoms with van der Waals surface area (Å²) >= 11 is 0. The SMILES string of the molecule is C=Cc1c(C=C)c(-c2ccc3ccccc3c2)c2ccccc2c1C1=CCCC=C1.CC. The molecule has 0 unspecified atom stereocenters. The summed E-state index contributed by atoms with van der Waals surface area (Å²) in [6, 6.07) is 24.0. The second kappa shape index (κ2) is 9.66. The van der Waals surface area contributed by atoms with Gasteiger partial charge in [-0.3, -0.25) is 0 Å². The van der Waals surface area contributed by atoms with E-state index in [0.717, 1.165) is 24.0 Å². The number of fused-ring (bicyclic) bond motifs is 2. The van der Waals surface area contributed by atoms with E-state index in [4.69, 9.17) is 0 Å². The van der Waals surface area contributed by atoms with Gasteiger partial charge in [-0.2, -0.15) is 0 Å². The molecule has 0 atom stereocenters. The van der Waals surface area contributed by atoms with Crippen molar-refractivity contribution in [1.29, 1.82) is 0 Å². The van der Waals surface area contributed by atoms with Gasteiger partial charge in [0.2, 0.25) is 0 Å². The highest BCUT2D eigenvalue weighted by molar-refractivity contribution is 6.10. The molecule has 0 N–H and O–H groups in total. The molecule has 0 spiro atoms. The number of benzene rings is 4. The molecule has 0 amide bonds. The summed E-state index contributed by atoms with van der Waals surface area (Å²) in [6.45, 7) is 12.4. The molecule has 0 saturated heterocycles. The Morgan fingerprint density at radius 1 is 0.688 bits per heavy atom. The van der Waals surface area contributed by atoms with E-state index in [1.54, 1.807) is 0 Å². The Morgan fingerprint density at radius 2 is 1.31 bits per heavy atom. The van der Waals surface area contributed by atoms with Gasteiger partial charge in [0, 0.05) is 0 Å². The van der Waals surface area contributed by atoms with Crippen LogP contribution in [0.25, 0.3) is 50.4 Å². The minimum Gasteiger partial charge on any atom is -0.0984 e. The van der Waals surface area contributed by atoms with Crippen molar-refractivity contribution in [2.45, 2.75) is 26.7 Å². The lowest BCUT2D eigenvalue weighted by molar-refractivity contribution is 1.04. The van der Waals surface area contributed by atoms with Crippen molar-refractivity contribution in [3.8, 4) is 11.1 Å². The van der Waals surface area contributed by atoms with E-state index >= 15 is 0 Å². The molecule has 0 saturated carbocycles. The number of hydrogen-bond acceptors (Lipinski definition) is 0. The highest BCUT2D eigenvalue weighted by Crippen LogP contribution is 2.42. The van der Waals surface area contributed by atoms with E-state index in [0.29, 0.717) is 0 Å². The Kier molecular flexibility index (Phi) is 6.52. The lowest BCUT2D eigenvalue weighted by Crippen LogP contribution is -1.99. The first-order chi connectivity index (χ1) is 15.8. The maximum absolute atomic E-state index is 4.20. The van der Waals surface area contributed by atoms with Crippen LogP contribution >= 0.6 is 0 Å². The first kappa shape index (κ1) is 21.6.